The van der Waals surface area contributed by atoms with Gasteiger partial charge in [-0.05, 0) is 35.9 Å². The number of fused-ring (bicyclic) bond motifs is 2. The van der Waals surface area contributed by atoms with Gasteiger partial charge in [-0.3, -0.25) is 9.59 Å². The van der Waals surface area contributed by atoms with E-state index in [4.69, 9.17) is 18.9 Å². The second-order valence-corrected chi connectivity index (χ2v) is 6.10. The fraction of sp³-hybridized carbons (Fsp3) is 0.263. The van der Waals surface area contributed by atoms with Crippen molar-refractivity contribution in [2.24, 2.45) is 0 Å². The molecule has 2 aromatic rings. The number of hydrogen-bond acceptors (Lipinski definition) is 6. The smallest absolute Gasteiger partial charge is 0.311 e. The Morgan fingerprint density at radius 3 is 2.58 bits per heavy atom. The van der Waals surface area contributed by atoms with E-state index >= 15 is 0 Å². The zero-order chi connectivity index (χ0) is 18.3. The van der Waals surface area contributed by atoms with Crippen LogP contribution in [0.15, 0.2) is 36.4 Å². The standard InChI is InChI=1S/C19H16O7/c1-10-25-16-5-3-12(7-18(16)26-10)14(20)8-13(19(21)22)11-2-4-15-17(6-11)24-9-23-15/h2-7,10,13H,8-9H2,1H3,(H,21,22)/t10-,13+/m0/s1. The summed E-state index contributed by atoms with van der Waals surface area (Å²) >= 11 is 0. The summed E-state index contributed by atoms with van der Waals surface area (Å²) in [4.78, 5) is 24.4. The van der Waals surface area contributed by atoms with Crippen LogP contribution in [0.1, 0.15) is 35.2 Å². The van der Waals surface area contributed by atoms with Crippen LogP contribution in [0.25, 0.3) is 0 Å². The normalized spacial score (nSPS) is 17.8. The van der Waals surface area contributed by atoms with E-state index in [0.717, 1.165) is 0 Å². The van der Waals surface area contributed by atoms with Crippen molar-refractivity contribution in [1.29, 1.82) is 0 Å². The number of carboxylic acids is 1. The molecule has 0 spiro atoms. The van der Waals surface area contributed by atoms with Crippen LogP contribution < -0.4 is 18.9 Å². The Morgan fingerprint density at radius 1 is 1.04 bits per heavy atom. The molecule has 2 aromatic carbocycles. The van der Waals surface area contributed by atoms with Gasteiger partial charge >= 0.3 is 5.97 Å². The van der Waals surface area contributed by atoms with Crippen LogP contribution in [0.5, 0.6) is 23.0 Å². The van der Waals surface area contributed by atoms with Gasteiger partial charge < -0.3 is 24.1 Å². The number of carbonyl (C=O) groups excluding carboxylic acids is 1. The Morgan fingerprint density at radius 2 is 1.77 bits per heavy atom. The molecule has 0 aliphatic carbocycles. The van der Waals surface area contributed by atoms with Gasteiger partial charge in [0.25, 0.3) is 0 Å². The van der Waals surface area contributed by atoms with E-state index in [1.54, 1.807) is 43.3 Å². The number of benzene rings is 2. The molecule has 0 saturated heterocycles. The fourth-order valence-electron chi connectivity index (χ4n) is 3.03. The summed E-state index contributed by atoms with van der Waals surface area (Å²) in [7, 11) is 0. The maximum Gasteiger partial charge on any atom is 0.311 e. The Kier molecular flexibility index (Phi) is 3.91. The highest BCUT2D eigenvalue weighted by molar-refractivity contribution is 5.99. The molecule has 7 heteroatoms. The predicted molar refractivity (Wildman–Crippen MR) is 89.0 cm³/mol. The Hall–Kier alpha value is -3.22. The first-order chi connectivity index (χ1) is 12.5. The van der Waals surface area contributed by atoms with Crippen molar-refractivity contribution in [1.82, 2.24) is 0 Å². The van der Waals surface area contributed by atoms with Crippen LogP contribution in [-0.4, -0.2) is 29.9 Å². The summed E-state index contributed by atoms with van der Waals surface area (Å²) in [5.41, 5.74) is 0.873. The third-order valence-corrected chi connectivity index (χ3v) is 4.34. The zero-order valence-electron chi connectivity index (χ0n) is 13.9. The van der Waals surface area contributed by atoms with E-state index in [1.807, 2.05) is 0 Å². The molecule has 134 valence electrons. The van der Waals surface area contributed by atoms with Crippen LogP contribution in [0, 0.1) is 0 Å². The summed E-state index contributed by atoms with van der Waals surface area (Å²) in [6, 6.07) is 9.75. The average molecular weight is 356 g/mol. The second kappa shape index (κ2) is 6.25. The lowest BCUT2D eigenvalue weighted by molar-refractivity contribution is -0.138. The lowest BCUT2D eigenvalue weighted by atomic mass is 9.91. The van der Waals surface area contributed by atoms with Gasteiger partial charge in [-0.15, -0.1) is 0 Å². The number of aliphatic carboxylic acids is 1. The quantitative estimate of drug-likeness (QED) is 0.824. The van der Waals surface area contributed by atoms with Gasteiger partial charge in [0.2, 0.25) is 13.1 Å². The minimum Gasteiger partial charge on any atom is -0.481 e. The van der Waals surface area contributed by atoms with Gasteiger partial charge in [0.1, 0.15) is 0 Å². The highest BCUT2D eigenvalue weighted by Gasteiger charge is 2.28. The van der Waals surface area contributed by atoms with Crippen molar-refractivity contribution in [2.75, 3.05) is 6.79 Å². The molecule has 26 heavy (non-hydrogen) atoms. The molecule has 7 nitrogen and oxygen atoms in total. The second-order valence-electron chi connectivity index (χ2n) is 6.10. The molecule has 1 N–H and O–H groups in total. The van der Waals surface area contributed by atoms with Crippen LogP contribution in [0.3, 0.4) is 0 Å². The van der Waals surface area contributed by atoms with Crippen molar-refractivity contribution in [3.8, 4) is 23.0 Å². The van der Waals surface area contributed by atoms with Crippen molar-refractivity contribution in [3.63, 3.8) is 0 Å². The van der Waals surface area contributed by atoms with E-state index in [0.29, 0.717) is 34.1 Å². The number of carbonyl (C=O) groups is 2. The van der Waals surface area contributed by atoms with Crippen LogP contribution in [0.4, 0.5) is 0 Å². The van der Waals surface area contributed by atoms with E-state index in [-0.39, 0.29) is 19.0 Å². The molecule has 2 aliphatic rings. The van der Waals surface area contributed by atoms with Gasteiger partial charge in [-0.25, -0.2) is 0 Å². The molecule has 2 heterocycles. The van der Waals surface area contributed by atoms with Gasteiger partial charge in [0.05, 0.1) is 5.92 Å². The predicted octanol–water partition coefficient (Wildman–Crippen LogP) is 2.97. The van der Waals surface area contributed by atoms with Gasteiger partial charge in [-0.2, -0.15) is 0 Å². The van der Waals surface area contributed by atoms with E-state index < -0.39 is 18.2 Å². The van der Waals surface area contributed by atoms with Crippen molar-refractivity contribution < 1.29 is 33.6 Å². The number of ether oxygens (including phenoxy) is 4. The first-order valence-corrected chi connectivity index (χ1v) is 8.14. The minimum absolute atomic E-state index is 0.102. The number of Topliss-reactive ketones (excluding diaryl/α,β-unsaturated/α-hetero) is 1. The van der Waals surface area contributed by atoms with Crippen molar-refractivity contribution >= 4 is 11.8 Å². The molecule has 0 amide bonds. The lowest BCUT2D eigenvalue weighted by Gasteiger charge is -2.13. The first-order valence-electron chi connectivity index (χ1n) is 8.14. The molecular weight excluding hydrogens is 340 g/mol. The SMILES string of the molecule is C[C@H]1Oc2ccc(C(=O)C[C@@H](C(=O)O)c3ccc4c(c3)OCO4)cc2O1. The molecule has 0 bridgehead atoms. The number of ketones is 1. The third kappa shape index (κ3) is 2.92. The highest BCUT2D eigenvalue weighted by Crippen LogP contribution is 2.37. The summed E-state index contributed by atoms with van der Waals surface area (Å²) in [5.74, 6) is -0.251. The molecule has 0 saturated carbocycles. The molecule has 4 rings (SSSR count). The Labute approximate surface area is 149 Å². The zero-order valence-corrected chi connectivity index (χ0v) is 13.9. The molecule has 0 radical (unpaired) electrons. The highest BCUT2D eigenvalue weighted by atomic mass is 16.7. The van der Waals surface area contributed by atoms with Crippen molar-refractivity contribution in [2.45, 2.75) is 25.6 Å². The minimum atomic E-state index is -1.08. The van der Waals surface area contributed by atoms with Gasteiger partial charge in [0.15, 0.2) is 28.8 Å². The molecule has 2 aliphatic heterocycles. The Balaban J connectivity index is 1.56. The number of hydrogen-bond donors (Lipinski definition) is 1. The molecule has 0 fully saturated rings. The average Bonchev–Trinajstić information content (AvgIpc) is 3.22. The largest absolute Gasteiger partial charge is 0.481 e. The van der Waals surface area contributed by atoms with E-state index in [2.05, 4.69) is 0 Å². The van der Waals surface area contributed by atoms with Crippen LogP contribution >= 0.6 is 0 Å². The van der Waals surface area contributed by atoms with Crippen LogP contribution in [-0.2, 0) is 4.79 Å². The number of rotatable bonds is 5. The van der Waals surface area contributed by atoms with E-state index in [9.17, 15) is 14.7 Å². The summed E-state index contributed by atoms with van der Waals surface area (Å²) in [5, 5.41) is 9.59. The maximum atomic E-state index is 12.6. The topological polar surface area (TPSA) is 91.3 Å². The third-order valence-electron chi connectivity index (χ3n) is 4.34. The number of carboxylic acid groups (broad SMARTS) is 1. The summed E-state index contributed by atoms with van der Waals surface area (Å²) < 4.78 is 21.4. The maximum absolute atomic E-state index is 12.6. The fourth-order valence-corrected chi connectivity index (χ4v) is 3.03. The lowest BCUT2D eigenvalue weighted by Crippen LogP contribution is -2.16. The van der Waals surface area contributed by atoms with Crippen molar-refractivity contribution in [3.05, 3.63) is 47.5 Å². The van der Waals surface area contributed by atoms with Gasteiger partial charge in [-0.1, -0.05) is 6.07 Å². The monoisotopic (exact) mass is 356 g/mol. The molecule has 0 aromatic heterocycles. The van der Waals surface area contributed by atoms with Crippen LogP contribution in [0.2, 0.25) is 0 Å². The van der Waals surface area contributed by atoms with Gasteiger partial charge in [0, 0.05) is 18.9 Å². The Bertz CT molecular complexity index is 889. The molecular formula is C19H16O7. The first kappa shape index (κ1) is 16.3. The summed E-state index contributed by atoms with van der Waals surface area (Å²) in [6.45, 7) is 1.85. The van der Waals surface area contributed by atoms with E-state index in [1.165, 1.54) is 0 Å². The summed E-state index contributed by atoms with van der Waals surface area (Å²) in [6.07, 6.45) is -0.583. The molecule has 2 atom stereocenters. The molecule has 0 unspecified atom stereocenters.